The molecule has 5 nitrogen and oxygen atoms in total. The first-order valence-electron chi connectivity index (χ1n) is 6.45. The average molecular weight is 371 g/mol. The summed E-state index contributed by atoms with van der Waals surface area (Å²) in [4.78, 5) is 11.8. The maximum Gasteiger partial charge on any atom is 0.230 e. The molecule has 1 amide bonds. The highest BCUT2D eigenvalue weighted by molar-refractivity contribution is 9.10. The van der Waals surface area contributed by atoms with Crippen molar-refractivity contribution in [3.8, 4) is 17.6 Å². The summed E-state index contributed by atoms with van der Waals surface area (Å²) >= 11 is 4.79. The molecule has 0 spiro atoms. The molecule has 0 radical (unpaired) electrons. The fourth-order valence-corrected chi connectivity index (χ4v) is 3.09. The minimum atomic E-state index is -0.162. The van der Waals surface area contributed by atoms with Gasteiger partial charge in [0.05, 0.1) is 23.6 Å². The summed E-state index contributed by atoms with van der Waals surface area (Å²) in [5.74, 6) is 1.90. The number of hydrogen-bond donors (Lipinski definition) is 1. The summed E-state index contributed by atoms with van der Waals surface area (Å²) in [5, 5.41) is 11.4. The summed E-state index contributed by atoms with van der Waals surface area (Å²) in [5.41, 5.74) is 0.929. The second-order valence-corrected chi connectivity index (χ2v) is 6.30. The van der Waals surface area contributed by atoms with Crippen molar-refractivity contribution >= 4 is 33.6 Å². The first-order chi connectivity index (χ1) is 10.1. The maximum absolute atomic E-state index is 11.8. The molecule has 0 saturated carbocycles. The Morgan fingerprint density at radius 2 is 2.14 bits per heavy atom. The Balaban J connectivity index is 2.03. The summed E-state index contributed by atoms with van der Waals surface area (Å²) < 4.78 is 11.9. The third-order valence-corrected chi connectivity index (χ3v) is 4.39. The number of rotatable bonds is 5. The van der Waals surface area contributed by atoms with Crippen molar-refractivity contribution in [2.45, 2.75) is 13.0 Å². The zero-order valence-electron chi connectivity index (χ0n) is 11.5. The van der Waals surface area contributed by atoms with Crippen LogP contribution in [0.3, 0.4) is 0 Å². The zero-order valence-corrected chi connectivity index (χ0v) is 13.9. The van der Waals surface area contributed by atoms with Crippen molar-refractivity contribution in [3.63, 3.8) is 0 Å². The van der Waals surface area contributed by atoms with Crippen molar-refractivity contribution in [1.82, 2.24) is 5.32 Å². The van der Waals surface area contributed by atoms with E-state index in [1.54, 1.807) is 0 Å². The fourth-order valence-electron chi connectivity index (χ4n) is 1.96. The molecule has 1 aromatic rings. The van der Waals surface area contributed by atoms with Crippen LogP contribution in [0.15, 0.2) is 16.6 Å². The molecule has 1 N–H and O–H groups in total. The third-order valence-electron chi connectivity index (χ3n) is 2.91. The highest BCUT2D eigenvalue weighted by Gasteiger charge is 2.19. The van der Waals surface area contributed by atoms with E-state index in [0.717, 1.165) is 10.0 Å². The van der Waals surface area contributed by atoms with Crippen molar-refractivity contribution in [2.24, 2.45) is 0 Å². The molecule has 1 aliphatic rings. The fraction of sp³-hybridized carbons (Fsp3) is 0.429. The quantitative estimate of drug-likeness (QED) is 0.806. The van der Waals surface area contributed by atoms with Crippen molar-refractivity contribution < 1.29 is 14.3 Å². The molecule has 112 valence electrons. The SMILES string of the molecule is CC(NC(=O)CSCC#N)c1cc2c(cc1Br)OCCO2. The van der Waals surface area contributed by atoms with Crippen LogP contribution in [0.1, 0.15) is 18.5 Å². The zero-order chi connectivity index (χ0) is 15.2. The minimum Gasteiger partial charge on any atom is -0.486 e. The average Bonchev–Trinajstić information content (AvgIpc) is 2.46. The molecular formula is C14H15BrN2O3S. The van der Waals surface area contributed by atoms with Crippen LogP contribution in [0.4, 0.5) is 0 Å². The Bertz CT molecular complexity index is 574. The van der Waals surface area contributed by atoms with E-state index in [-0.39, 0.29) is 17.7 Å². The van der Waals surface area contributed by atoms with Gasteiger partial charge in [0.25, 0.3) is 0 Å². The van der Waals surface area contributed by atoms with Gasteiger partial charge in [-0.3, -0.25) is 4.79 Å². The van der Waals surface area contributed by atoms with Crippen LogP contribution >= 0.6 is 27.7 Å². The number of carbonyl (C=O) groups is 1. The molecule has 0 aliphatic carbocycles. The Kier molecular flexibility index (Phi) is 5.76. The van der Waals surface area contributed by atoms with Gasteiger partial charge in [-0.2, -0.15) is 5.26 Å². The van der Waals surface area contributed by atoms with E-state index in [9.17, 15) is 4.79 Å². The van der Waals surface area contributed by atoms with Crippen LogP contribution in [-0.4, -0.2) is 30.6 Å². The highest BCUT2D eigenvalue weighted by atomic mass is 79.9. The van der Waals surface area contributed by atoms with Gasteiger partial charge in [0.1, 0.15) is 13.2 Å². The number of nitrogens with one attached hydrogen (secondary N) is 1. The van der Waals surface area contributed by atoms with E-state index >= 15 is 0 Å². The lowest BCUT2D eigenvalue weighted by Gasteiger charge is -2.22. The van der Waals surface area contributed by atoms with Crippen LogP contribution in [-0.2, 0) is 4.79 Å². The van der Waals surface area contributed by atoms with Crippen molar-refractivity contribution in [1.29, 1.82) is 5.26 Å². The lowest BCUT2D eigenvalue weighted by molar-refractivity contribution is -0.119. The smallest absolute Gasteiger partial charge is 0.230 e. The van der Waals surface area contributed by atoms with E-state index in [1.807, 2.05) is 25.1 Å². The molecule has 1 aromatic carbocycles. The number of nitriles is 1. The van der Waals surface area contributed by atoms with Gasteiger partial charge in [-0.25, -0.2) is 0 Å². The minimum absolute atomic E-state index is 0.0930. The first-order valence-corrected chi connectivity index (χ1v) is 8.39. The second-order valence-electron chi connectivity index (χ2n) is 4.46. The lowest BCUT2D eigenvalue weighted by atomic mass is 10.1. The Morgan fingerprint density at radius 3 is 2.81 bits per heavy atom. The molecule has 1 heterocycles. The van der Waals surface area contributed by atoms with Crippen molar-refractivity contribution in [3.05, 3.63) is 22.2 Å². The molecule has 0 saturated heterocycles. The molecule has 1 atom stereocenters. The van der Waals surface area contributed by atoms with Gasteiger partial charge in [0, 0.05) is 4.47 Å². The van der Waals surface area contributed by atoms with E-state index in [4.69, 9.17) is 14.7 Å². The van der Waals surface area contributed by atoms with Crippen LogP contribution in [0.25, 0.3) is 0 Å². The molecular weight excluding hydrogens is 356 g/mol. The predicted molar refractivity (Wildman–Crippen MR) is 84.6 cm³/mol. The van der Waals surface area contributed by atoms with E-state index in [2.05, 4.69) is 21.2 Å². The van der Waals surface area contributed by atoms with Gasteiger partial charge in [-0.1, -0.05) is 15.9 Å². The number of fused-ring (bicyclic) bond motifs is 1. The normalized spacial score (nSPS) is 14.1. The molecule has 1 unspecified atom stereocenters. The summed E-state index contributed by atoms with van der Waals surface area (Å²) in [6, 6.07) is 5.57. The maximum atomic E-state index is 11.8. The van der Waals surface area contributed by atoms with E-state index in [1.165, 1.54) is 11.8 Å². The van der Waals surface area contributed by atoms with E-state index in [0.29, 0.717) is 30.5 Å². The summed E-state index contributed by atoms with van der Waals surface area (Å²) in [7, 11) is 0. The predicted octanol–water partition coefficient (Wildman–Crippen LogP) is 2.65. The van der Waals surface area contributed by atoms with Crippen LogP contribution in [0, 0.1) is 11.3 Å². The van der Waals surface area contributed by atoms with Crippen LogP contribution < -0.4 is 14.8 Å². The van der Waals surface area contributed by atoms with Gasteiger partial charge >= 0.3 is 0 Å². The Hall–Kier alpha value is -1.39. The number of amides is 1. The number of thioether (sulfide) groups is 1. The van der Waals surface area contributed by atoms with Gasteiger partial charge in [0.15, 0.2) is 11.5 Å². The molecule has 0 fully saturated rings. The molecule has 21 heavy (non-hydrogen) atoms. The largest absolute Gasteiger partial charge is 0.486 e. The first kappa shape index (κ1) is 16.0. The molecule has 0 aromatic heterocycles. The van der Waals surface area contributed by atoms with Crippen LogP contribution in [0.5, 0.6) is 11.5 Å². The summed E-state index contributed by atoms with van der Waals surface area (Å²) in [6.45, 7) is 2.98. The molecule has 7 heteroatoms. The monoisotopic (exact) mass is 370 g/mol. The van der Waals surface area contributed by atoms with Crippen LogP contribution in [0.2, 0.25) is 0 Å². The highest BCUT2D eigenvalue weighted by Crippen LogP contribution is 2.37. The number of halogens is 1. The topological polar surface area (TPSA) is 71.4 Å². The Labute approximate surface area is 136 Å². The number of ether oxygens (including phenoxy) is 2. The second kappa shape index (κ2) is 7.57. The van der Waals surface area contributed by atoms with Gasteiger partial charge < -0.3 is 14.8 Å². The van der Waals surface area contributed by atoms with Gasteiger partial charge in [-0.05, 0) is 24.6 Å². The standard InChI is InChI=1S/C14H15BrN2O3S/c1-9(17-14(18)8-21-5-2-16)10-6-12-13(7-11(10)15)20-4-3-19-12/h6-7,9H,3-5,8H2,1H3,(H,17,18). The van der Waals surface area contributed by atoms with Gasteiger partial charge in [0.2, 0.25) is 5.91 Å². The van der Waals surface area contributed by atoms with Crippen molar-refractivity contribution in [2.75, 3.05) is 24.7 Å². The molecule has 1 aliphatic heterocycles. The number of benzene rings is 1. The molecule has 2 rings (SSSR count). The van der Waals surface area contributed by atoms with Gasteiger partial charge in [-0.15, -0.1) is 11.8 Å². The lowest BCUT2D eigenvalue weighted by Crippen LogP contribution is -2.28. The summed E-state index contributed by atoms with van der Waals surface area (Å²) in [6.07, 6.45) is 0. The Morgan fingerprint density at radius 1 is 1.48 bits per heavy atom. The number of hydrogen-bond acceptors (Lipinski definition) is 5. The third kappa shape index (κ3) is 4.29. The van der Waals surface area contributed by atoms with E-state index < -0.39 is 0 Å². The number of carbonyl (C=O) groups excluding carboxylic acids is 1. The number of nitrogens with zero attached hydrogens (tertiary/aromatic N) is 1. The molecule has 0 bridgehead atoms.